The standard InChI is InChI=1S/C14H15F2NOS/c1-10(9-12-3-2-8-18-12)17-11-4-6-13(7-5-11)19-14(15)16/h2-8,10,14,17H,9H2,1H3. The minimum atomic E-state index is -2.38. The summed E-state index contributed by atoms with van der Waals surface area (Å²) in [5, 5.41) is 3.30. The molecule has 1 N–H and O–H groups in total. The number of halogens is 2. The van der Waals surface area contributed by atoms with E-state index in [2.05, 4.69) is 5.32 Å². The maximum absolute atomic E-state index is 12.2. The SMILES string of the molecule is CC(Cc1ccco1)Nc1ccc(SC(F)F)cc1. The molecule has 0 saturated heterocycles. The predicted molar refractivity (Wildman–Crippen MR) is 73.8 cm³/mol. The minimum Gasteiger partial charge on any atom is -0.469 e. The summed E-state index contributed by atoms with van der Waals surface area (Å²) in [5.74, 6) is -1.46. The fourth-order valence-electron chi connectivity index (χ4n) is 1.80. The maximum Gasteiger partial charge on any atom is 0.288 e. The highest BCUT2D eigenvalue weighted by molar-refractivity contribution is 7.99. The van der Waals surface area contributed by atoms with E-state index in [1.54, 1.807) is 18.4 Å². The molecule has 0 spiro atoms. The van der Waals surface area contributed by atoms with E-state index < -0.39 is 5.76 Å². The first-order valence-electron chi connectivity index (χ1n) is 5.97. The quantitative estimate of drug-likeness (QED) is 0.782. The smallest absolute Gasteiger partial charge is 0.288 e. The van der Waals surface area contributed by atoms with Crippen molar-refractivity contribution in [2.24, 2.45) is 0 Å². The summed E-state index contributed by atoms with van der Waals surface area (Å²) in [6.07, 6.45) is 2.43. The number of alkyl halides is 2. The van der Waals surface area contributed by atoms with E-state index in [0.29, 0.717) is 16.7 Å². The number of furan rings is 1. The molecule has 2 aromatic rings. The Hall–Kier alpha value is -1.49. The van der Waals surface area contributed by atoms with Gasteiger partial charge in [0.2, 0.25) is 0 Å². The molecule has 1 aromatic heterocycles. The van der Waals surface area contributed by atoms with Gasteiger partial charge in [0, 0.05) is 23.0 Å². The van der Waals surface area contributed by atoms with Crippen LogP contribution in [-0.4, -0.2) is 11.8 Å². The van der Waals surface area contributed by atoms with Crippen molar-refractivity contribution in [2.75, 3.05) is 5.32 Å². The number of hydrogen-bond donors (Lipinski definition) is 1. The number of thioether (sulfide) groups is 1. The second kappa shape index (κ2) is 6.61. The first-order chi connectivity index (χ1) is 9.13. The van der Waals surface area contributed by atoms with Crippen LogP contribution in [0.1, 0.15) is 12.7 Å². The van der Waals surface area contributed by atoms with E-state index >= 15 is 0 Å². The molecule has 5 heteroatoms. The molecule has 0 amide bonds. The van der Waals surface area contributed by atoms with Crippen LogP contribution in [0, 0.1) is 0 Å². The highest BCUT2D eigenvalue weighted by Crippen LogP contribution is 2.26. The lowest BCUT2D eigenvalue weighted by atomic mass is 10.2. The van der Waals surface area contributed by atoms with Crippen molar-refractivity contribution < 1.29 is 13.2 Å². The van der Waals surface area contributed by atoms with E-state index in [1.165, 1.54) is 0 Å². The molecular weight excluding hydrogens is 268 g/mol. The summed E-state index contributed by atoms with van der Waals surface area (Å²) in [6, 6.07) is 11.0. The Morgan fingerprint density at radius 2 is 1.95 bits per heavy atom. The van der Waals surface area contributed by atoms with Gasteiger partial charge in [-0.25, -0.2) is 0 Å². The van der Waals surface area contributed by atoms with Crippen molar-refractivity contribution in [2.45, 2.75) is 30.0 Å². The predicted octanol–water partition coefficient (Wildman–Crippen LogP) is 4.64. The summed E-state index contributed by atoms with van der Waals surface area (Å²) < 4.78 is 29.6. The summed E-state index contributed by atoms with van der Waals surface area (Å²) in [5.41, 5.74) is 0.915. The van der Waals surface area contributed by atoms with Gasteiger partial charge in [-0.1, -0.05) is 11.8 Å². The fraction of sp³-hybridized carbons (Fsp3) is 0.286. The molecule has 0 aliphatic rings. The highest BCUT2D eigenvalue weighted by atomic mass is 32.2. The lowest BCUT2D eigenvalue weighted by Gasteiger charge is -2.14. The minimum absolute atomic E-state index is 0.208. The van der Waals surface area contributed by atoms with Gasteiger partial charge >= 0.3 is 0 Å². The van der Waals surface area contributed by atoms with Gasteiger partial charge in [0.05, 0.1) is 6.26 Å². The van der Waals surface area contributed by atoms with E-state index in [-0.39, 0.29) is 6.04 Å². The van der Waals surface area contributed by atoms with Crippen LogP contribution < -0.4 is 5.32 Å². The van der Waals surface area contributed by atoms with Crippen molar-refractivity contribution in [1.29, 1.82) is 0 Å². The third-order valence-corrected chi connectivity index (χ3v) is 3.30. The van der Waals surface area contributed by atoms with E-state index in [9.17, 15) is 8.78 Å². The van der Waals surface area contributed by atoms with Gasteiger partial charge in [0.25, 0.3) is 5.76 Å². The second-order valence-corrected chi connectivity index (χ2v) is 5.30. The Labute approximate surface area is 115 Å². The average Bonchev–Trinajstić information content (AvgIpc) is 2.83. The van der Waals surface area contributed by atoms with Crippen LogP contribution in [0.25, 0.3) is 0 Å². The van der Waals surface area contributed by atoms with Crippen LogP contribution in [0.15, 0.2) is 52.0 Å². The van der Waals surface area contributed by atoms with Crippen LogP contribution in [-0.2, 0) is 6.42 Å². The molecule has 2 nitrogen and oxygen atoms in total. The molecule has 0 bridgehead atoms. The van der Waals surface area contributed by atoms with Gasteiger partial charge in [-0.15, -0.1) is 0 Å². The van der Waals surface area contributed by atoms with Crippen LogP contribution in [0.3, 0.4) is 0 Å². The summed E-state index contributed by atoms with van der Waals surface area (Å²) in [6.45, 7) is 2.05. The summed E-state index contributed by atoms with van der Waals surface area (Å²) >= 11 is 0.554. The van der Waals surface area contributed by atoms with Crippen LogP contribution in [0.4, 0.5) is 14.5 Å². The maximum atomic E-state index is 12.2. The molecule has 0 aliphatic carbocycles. The van der Waals surface area contributed by atoms with E-state index in [0.717, 1.165) is 17.9 Å². The number of rotatable bonds is 6. The first kappa shape index (κ1) is 13.9. The van der Waals surface area contributed by atoms with E-state index in [4.69, 9.17) is 4.42 Å². The zero-order valence-corrected chi connectivity index (χ0v) is 11.3. The number of benzene rings is 1. The van der Waals surface area contributed by atoms with Crippen LogP contribution in [0.5, 0.6) is 0 Å². The Bertz CT molecular complexity index is 485. The van der Waals surface area contributed by atoms with Crippen molar-refractivity contribution in [3.05, 3.63) is 48.4 Å². The molecule has 19 heavy (non-hydrogen) atoms. The number of anilines is 1. The third-order valence-electron chi connectivity index (χ3n) is 2.58. The molecule has 1 unspecified atom stereocenters. The molecule has 102 valence electrons. The van der Waals surface area contributed by atoms with Gasteiger partial charge in [0.15, 0.2) is 0 Å². The van der Waals surface area contributed by atoms with Gasteiger partial charge in [-0.2, -0.15) is 8.78 Å². The Morgan fingerprint density at radius 3 is 2.53 bits per heavy atom. The Balaban J connectivity index is 1.88. The van der Waals surface area contributed by atoms with Gasteiger partial charge in [-0.05, 0) is 43.3 Å². The molecule has 1 aromatic carbocycles. The van der Waals surface area contributed by atoms with Crippen molar-refractivity contribution in [3.8, 4) is 0 Å². The summed E-state index contributed by atoms with van der Waals surface area (Å²) in [7, 11) is 0. The van der Waals surface area contributed by atoms with Crippen molar-refractivity contribution in [3.63, 3.8) is 0 Å². The summed E-state index contributed by atoms with van der Waals surface area (Å²) in [4.78, 5) is 0.569. The molecule has 2 rings (SSSR count). The molecule has 1 atom stereocenters. The lowest BCUT2D eigenvalue weighted by Crippen LogP contribution is -2.17. The fourth-order valence-corrected chi connectivity index (χ4v) is 2.30. The van der Waals surface area contributed by atoms with Crippen LogP contribution >= 0.6 is 11.8 Å². The lowest BCUT2D eigenvalue weighted by molar-refractivity contribution is 0.252. The zero-order chi connectivity index (χ0) is 13.7. The first-order valence-corrected chi connectivity index (χ1v) is 6.85. The van der Waals surface area contributed by atoms with Gasteiger partial charge in [-0.3, -0.25) is 0 Å². The van der Waals surface area contributed by atoms with E-state index in [1.807, 2.05) is 31.2 Å². The molecule has 0 aliphatic heterocycles. The molecule has 0 fully saturated rings. The number of hydrogen-bond acceptors (Lipinski definition) is 3. The van der Waals surface area contributed by atoms with Crippen LogP contribution in [0.2, 0.25) is 0 Å². The zero-order valence-electron chi connectivity index (χ0n) is 10.5. The molecule has 0 saturated carbocycles. The normalized spacial score (nSPS) is 12.6. The average molecular weight is 283 g/mol. The number of nitrogens with one attached hydrogen (secondary N) is 1. The van der Waals surface area contributed by atoms with Gasteiger partial charge < -0.3 is 9.73 Å². The Kier molecular flexibility index (Phi) is 4.85. The molecule has 0 radical (unpaired) electrons. The second-order valence-electron chi connectivity index (χ2n) is 4.23. The van der Waals surface area contributed by atoms with Gasteiger partial charge in [0.1, 0.15) is 5.76 Å². The highest BCUT2D eigenvalue weighted by Gasteiger charge is 2.07. The molecule has 1 heterocycles. The molecular formula is C14H15F2NOS. The topological polar surface area (TPSA) is 25.2 Å². The van der Waals surface area contributed by atoms with Crippen molar-refractivity contribution in [1.82, 2.24) is 0 Å². The Morgan fingerprint density at radius 1 is 1.21 bits per heavy atom. The third kappa shape index (κ3) is 4.59. The monoisotopic (exact) mass is 283 g/mol. The largest absolute Gasteiger partial charge is 0.469 e. The van der Waals surface area contributed by atoms with Crippen molar-refractivity contribution >= 4 is 17.4 Å².